The number of para-hydroxylation sites is 1. The quantitative estimate of drug-likeness (QED) is 0.771. The Morgan fingerprint density at radius 1 is 1.28 bits per heavy atom. The predicted molar refractivity (Wildman–Crippen MR) is 69.8 cm³/mol. The van der Waals surface area contributed by atoms with E-state index in [1.165, 1.54) is 0 Å². The molecule has 3 heteroatoms. The first kappa shape index (κ1) is 12.1. The SMILES string of the molecule is Cc1cc(C(=O)CC#N)c(C)n1-c1ccccc1. The van der Waals surface area contributed by atoms with Crippen LogP contribution in [0.2, 0.25) is 0 Å². The summed E-state index contributed by atoms with van der Waals surface area (Å²) in [6, 6.07) is 13.6. The zero-order chi connectivity index (χ0) is 13.1. The average Bonchev–Trinajstić information content (AvgIpc) is 2.66. The highest BCUT2D eigenvalue weighted by atomic mass is 16.1. The van der Waals surface area contributed by atoms with Gasteiger partial charge < -0.3 is 4.57 Å². The van der Waals surface area contributed by atoms with E-state index < -0.39 is 0 Å². The summed E-state index contributed by atoms with van der Waals surface area (Å²) in [7, 11) is 0. The minimum absolute atomic E-state index is 0.0704. The normalized spacial score (nSPS) is 10.1. The molecule has 0 aliphatic carbocycles. The van der Waals surface area contributed by atoms with Gasteiger partial charge in [-0.3, -0.25) is 4.79 Å². The molecule has 0 saturated carbocycles. The van der Waals surface area contributed by atoms with E-state index in [0.717, 1.165) is 17.1 Å². The highest BCUT2D eigenvalue weighted by Crippen LogP contribution is 2.21. The molecule has 0 atom stereocenters. The van der Waals surface area contributed by atoms with E-state index in [4.69, 9.17) is 5.26 Å². The molecule has 1 aromatic heterocycles. The molecule has 1 aromatic carbocycles. The van der Waals surface area contributed by atoms with E-state index in [1.54, 1.807) is 0 Å². The lowest BCUT2D eigenvalue weighted by Crippen LogP contribution is -2.02. The fourth-order valence-corrected chi connectivity index (χ4v) is 2.19. The second-order valence-electron chi connectivity index (χ2n) is 4.21. The summed E-state index contributed by atoms with van der Waals surface area (Å²) in [5.41, 5.74) is 3.56. The molecule has 18 heavy (non-hydrogen) atoms. The number of hydrogen-bond acceptors (Lipinski definition) is 2. The monoisotopic (exact) mass is 238 g/mol. The summed E-state index contributed by atoms with van der Waals surface area (Å²) in [6.45, 7) is 3.87. The van der Waals surface area contributed by atoms with Gasteiger partial charge in [0.1, 0.15) is 0 Å². The molecule has 0 radical (unpaired) electrons. The van der Waals surface area contributed by atoms with Crippen LogP contribution in [0.25, 0.3) is 5.69 Å². The molecule has 0 amide bonds. The van der Waals surface area contributed by atoms with Crippen LogP contribution in [0, 0.1) is 25.2 Å². The van der Waals surface area contributed by atoms with Crippen molar-refractivity contribution in [3.63, 3.8) is 0 Å². The van der Waals surface area contributed by atoms with Crippen molar-refractivity contribution in [1.82, 2.24) is 4.57 Å². The number of hydrogen-bond donors (Lipinski definition) is 0. The Bertz CT molecular complexity index is 618. The maximum atomic E-state index is 11.8. The maximum Gasteiger partial charge on any atom is 0.178 e. The smallest absolute Gasteiger partial charge is 0.178 e. The zero-order valence-electron chi connectivity index (χ0n) is 10.5. The van der Waals surface area contributed by atoms with Crippen molar-refractivity contribution in [1.29, 1.82) is 5.26 Å². The minimum Gasteiger partial charge on any atom is -0.318 e. The molecule has 0 N–H and O–H groups in total. The van der Waals surface area contributed by atoms with E-state index >= 15 is 0 Å². The molecule has 0 bridgehead atoms. The van der Waals surface area contributed by atoms with Crippen LogP contribution in [0.4, 0.5) is 0 Å². The molecule has 0 aliphatic rings. The van der Waals surface area contributed by atoms with Crippen LogP contribution in [0.1, 0.15) is 28.2 Å². The van der Waals surface area contributed by atoms with Gasteiger partial charge in [0.05, 0.1) is 12.5 Å². The molecule has 0 unspecified atom stereocenters. The van der Waals surface area contributed by atoms with Crippen LogP contribution in [0.15, 0.2) is 36.4 Å². The minimum atomic E-state index is -0.118. The molecule has 2 rings (SSSR count). The first-order chi connectivity index (χ1) is 8.65. The average molecular weight is 238 g/mol. The Labute approximate surface area is 106 Å². The first-order valence-electron chi connectivity index (χ1n) is 5.79. The van der Waals surface area contributed by atoms with Gasteiger partial charge in [-0.15, -0.1) is 0 Å². The summed E-state index contributed by atoms with van der Waals surface area (Å²) >= 11 is 0. The summed E-state index contributed by atoms with van der Waals surface area (Å²) in [5.74, 6) is -0.118. The molecule has 0 fully saturated rings. The number of aryl methyl sites for hydroxylation is 1. The van der Waals surface area contributed by atoms with Gasteiger partial charge in [-0.1, -0.05) is 18.2 Å². The van der Waals surface area contributed by atoms with Gasteiger partial charge in [0.2, 0.25) is 0 Å². The molecule has 90 valence electrons. The van der Waals surface area contributed by atoms with Gasteiger partial charge in [0, 0.05) is 22.6 Å². The molecule has 2 aromatic rings. The van der Waals surface area contributed by atoms with Crippen molar-refractivity contribution < 1.29 is 4.79 Å². The van der Waals surface area contributed by atoms with Gasteiger partial charge in [0.15, 0.2) is 5.78 Å². The lowest BCUT2D eigenvalue weighted by Gasteiger charge is -2.09. The lowest BCUT2D eigenvalue weighted by molar-refractivity contribution is 0.0997. The number of ketones is 1. The highest BCUT2D eigenvalue weighted by molar-refractivity contribution is 5.98. The van der Waals surface area contributed by atoms with Gasteiger partial charge >= 0.3 is 0 Å². The number of nitriles is 1. The zero-order valence-corrected chi connectivity index (χ0v) is 10.5. The number of nitrogens with zero attached hydrogens (tertiary/aromatic N) is 2. The lowest BCUT2D eigenvalue weighted by atomic mass is 10.1. The number of aromatic nitrogens is 1. The number of Topliss-reactive ketones (excluding diaryl/α,β-unsaturated/α-hetero) is 1. The number of carbonyl (C=O) groups excluding carboxylic acids is 1. The summed E-state index contributed by atoms with van der Waals surface area (Å²) in [6.07, 6.45) is -0.0704. The van der Waals surface area contributed by atoms with Gasteiger partial charge in [-0.25, -0.2) is 0 Å². The Hall–Kier alpha value is -2.34. The topological polar surface area (TPSA) is 45.8 Å². The van der Waals surface area contributed by atoms with Gasteiger partial charge in [-0.2, -0.15) is 5.26 Å². The molecular formula is C15H14N2O. The van der Waals surface area contributed by atoms with E-state index in [0.29, 0.717) is 5.56 Å². The van der Waals surface area contributed by atoms with Crippen molar-refractivity contribution in [2.75, 3.05) is 0 Å². The maximum absolute atomic E-state index is 11.8. The van der Waals surface area contributed by atoms with Crippen molar-refractivity contribution >= 4 is 5.78 Å². The molecule has 3 nitrogen and oxygen atoms in total. The first-order valence-corrected chi connectivity index (χ1v) is 5.79. The third-order valence-electron chi connectivity index (χ3n) is 2.99. The van der Waals surface area contributed by atoms with Crippen LogP contribution >= 0.6 is 0 Å². The standard InChI is InChI=1S/C15H14N2O/c1-11-10-14(15(18)8-9-16)12(2)17(11)13-6-4-3-5-7-13/h3-7,10H,8H2,1-2H3. The van der Waals surface area contributed by atoms with Crippen molar-refractivity contribution in [3.05, 3.63) is 53.3 Å². The van der Waals surface area contributed by atoms with Gasteiger partial charge in [-0.05, 0) is 32.0 Å². The number of benzene rings is 1. The highest BCUT2D eigenvalue weighted by Gasteiger charge is 2.15. The van der Waals surface area contributed by atoms with E-state index in [-0.39, 0.29) is 12.2 Å². The number of carbonyl (C=O) groups is 1. The van der Waals surface area contributed by atoms with Gasteiger partial charge in [0.25, 0.3) is 0 Å². The third kappa shape index (κ3) is 2.05. The molecule has 0 spiro atoms. The van der Waals surface area contributed by atoms with E-state index in [9.17, 15) is 4.79 Å². The second kappa shape index (κ2) is 4.89. The largest absolute Gasteiger partial charge is 0.318 e. The van der Waals surface area contributed by atoms with E-state index in [1.807, 2.05) is 60.9 Å². The van der Waals surface area contributed by atoms with Crippen LogP contribution in [0.3, 0.4) is 0 Å². The van der Waals surface area contributed by atoms with Crippen LogP contribution in [0.5, 0.6) is 0 Å². The Morgan fingerprint density at radius 2 is 1.94 bits per heavy atom. The molecule has 0 saturated heterocycles. The van der Waals surface area contributed by atoms with Crippen LogP contribution in [-0.4, -0.2) is 10.4 Å². The summed E-state index contributed by atoms with van der Waals surface area (Å²) in [4.78, 5) is 11.8. The Balaban J connectivity index is 2.52. The van der Waals surface area contributed by atoms with Crippen molar-refractivity contribution in [2.24, 2.45) is 0 Å². The molecule has 1 heterocycles. The summed E-state index contributed by atoms with van der Waals surface area (Å²) < 4.78 is 2.03. The van der Waals surface area contributed by atoms with Crippen molar-refractivity contribution in [3.8, 4) is 11.8 Å². The predicted octanol–water partition coefficient (Wildman–Crippen LogP) is 3.19. The third-order valence-corrected chi connectivity index (χ3v) is 2.99. The fraction of sp³-hybridized carbons (Fsp3) is 0.200. The Kier molecular flexibility index (Phi) is 3.29. The number of rotatable bonds is 3. The fourth-order valence-electron chi connectivity index (χ4n) is 2.19. The molecular weight excluding hydrogens is 224 g/mol. The van der Waals surface area contributed by atoms with Crippen LogP contribution in [-0.2, 0) is 0 Å². The van der Waals surface area contributed by atoms with Crippen LogP contribution < -0.4 is 0 Å². The second-order valence-corrected chi connectivity index (χ2v) is 4.21. The van der Waals surface area contributed by atoms with Crippen molar-refractivity contribution in [2.45, 2.75) is 20.3 Å². The molecule has 0 aliphatic heterocycles. The van der Waals surface area contributed by atoms with E-state index in [2.05, 4.69) is 0 Å². The summed E-state index contributed by atoms with van der Waals surface area (Å²) in [5, 5.41) is 8.60. The Morgan fingerprint density at radius 3 is 2.56 bits per heavy atom.